The first-order chi connectivity index (χ1) is 10.9. The van der Waals surface area contributed by atoms with E-state index in [0.29, 0.717) is 0 Å². The van der Waals surface area contributed by atoms with E-state index in [0.717, 1.165) is 0 Å². The van der Waals surface area contributed by atoms with Gasteiger partial charge in [-0.3, -0.25) is 0 Å². The second kappa shape index (κ2) is 6.14. The molecule has 0 aromatic heterocycles. The summed E-state index contributed by atoms with van der Waals surface area (Å²) in [6.45, 7) is 0. The van der Waals surface area contributed by atoms with Crippen molar-refractivity contribution >= 4 is 11.2 Å². The van der Waals surface area contributed by atoms with E-state index < -0.39 is 57.2 Å². The van der Waals surface area contributed by atoms with Gasteiger partial charge in [-0.15, -0.1) is 13.2 Å². The van der Waals surface area contributed by atoms with Gasteiger partial charge in [0.1, 0.15) is 0 Å². The standard InChI is InChI=1S/C11H3F12OS/c12-7(9(15,16)17,8(13,14)10(18,19)20)5-2-1-3-6(4-5)25(24)11(21,22)23/h1-2,4H. The monoisotopic (exact) mass is 411 g/mol. The summed E-state index contributed by atoms with van der Waals surface area (Å²) in [7, 11) is 0. The Morgan fingerprint density at radius 1 is 0.800 bits per heavy atom. The summed E-state index contributed by atoms with van der Waals surface area (Å²) in [5.74, 6) is -7.05. The van der Waals surface area contributed by atoms with Crippen LogP contribution in [0.5, 0.6) is 0 Å². The summed E-state index contributed by atoms with van der Waals surface area (Å²) in [5.41, 5.74) is -14.5. The average Bonchev–Trinajstić information content (AvgIpc) is 2.42. The van der Waals surface area contributed by atoms with E-state index in [-0.39, 0.29) is 12.1 Å². The molecule has 0 saturated heterocycles. The van der Waals surface area contributed by atoms with Crippen molar-refractivity contribution in [2.24, 2.45) is 0 Å². The molecule has 2 unspecified atom stereocenters. The van der Waals surface area contributed by atoms with Crippen molar-refractivity contribution in [3.63, 3.8) is 0 Å². The number of hydrogen-bond donors (Lipinski definition) is 0. The highest BCUT2D eigenvalue weighted by molar-refractivity contribution is 7.92. The lowest BCUT2D eigenvalue weighted by Gasteiger charge is -2.36. The lowest BCUT2D eigenvalue weighted by molar-refractivity contribution is -0.389. The minimum Gasteiger partial charge on any atom is -0.604 e. The zero-order valence-electron chi connectivity index (χ0n) is 11.1. The molecule has 1 nitrogen and oxygen atoms in total. The Kier molecular flexibility index (Phi) is 5.34. The molecule has 1 aromatic rings. The zero-order chi connectivity index (χ0) is 20.1. The average molecular weight is 411 g/mol. The fraction of sp³-hybridized carbons (Fsp3) is 0.455. The fourth-order valence-electron chi connectivity index (χ4n) is 1.61. The summed E-state index contributed by atoms with van der Waals surface area (Å²) in [6, 6.07) is 0.534. The molecule has 0 aliphatic carbocycles. The number of alkyl halides is 12. The molecule has 0 amide bonds. The van der Waals surface area contributed by atoms with Crippen LogP contribution in [0, 0.1) is 6.07 Å². The maximum Gasteiger partial charge on any atom is 0.578 e. The molecule has 25 heavy (non-hydrogen) atoms. The molecule has 0 N–H and O–H groups in total. The summed E-state index contributed by atoms with van der Waals surface area (Å²) >= 11 is -4.14. The van der Waals surface area contributed by atoms with Gasteiger partial charge in [-0.25, -0.2) is 4.39 Å². The van der Waals surface area contributed by atoms with Crippen LogP contribution in [0.1, 0.15) is 5.56 Å². The number of halogens is 12. The maximum atomic E-state index is 14.1. The largest absolute Gasteiger partial charge is 0.604 e. The van der Waals surface area contributed by atoms with Crippen molar-refractivity contribution in [1.82, 2.24) is 0 Å². The third kappa shape index (κ3) is 3.64. The lowest BCUT2D eigenvalue weighted by atomic mass is 9.88. The van der Waals surface area contributed by atoms with Gasteiger partial charge in [0.15, 0.2) is 4.90 Å². The normalized spacial score (nSPS) is 18.0. The Bertz CT molecular complexity index is 619. The predicted octanol–water partition coefficient (Wildman–Crippen LogP) is 5.04. The third-order valence-corrected chi connectivity index (χ3v) is 3.82. The van der Waals surface area contributed by atoms with Crippen LogP contribution in [0.2, 0.25) is 0 Å². The highest BCUT2D eigenvalue weighted by Gasteiger charge is 2.81. The van der Waals surface area contributed by atoms with Gasteiger partial charge in [0.2, 0.25) is 0 Å². The quantitative estimate of drug-likeness (QED) is 0.505. The molecule has 2 atom stereocenters. The van der Waals surface area contributed by atoms with Crippen LogP contribution >= 0.6 is 0 Å². The first-order valence-corrected chi connectivity index (χ1v) is 6.73. The molecule has 1 rings (SSSR count). The van der Waals surface area contributed by atoms with Crippen LogP contribution in [-0.2, 0) is 16.8 Å². The van der Waals surface area contributed by atoms with E-state index in [1.54, 1.807) is 0 Å². The van der Waals surface area contributed by atoms with Crippen LogP contribution in [0.4, 0.5) is 52.7 Å². The smallest absolute Gasteiger partial charge is 0.578 e. The molecular weight excluding hydrogens is 408 g/mol. The van der Waals surface area contributed by atoms with Crippen molar-refractivity contribution in [2.45, 2.75) is 34.3 Å². The van der Waals surface area contributed by atoms with Crippen molar-refractivity contribution < 1.29 is 57.2 Å². The van der Waals surface area contributed by atoms with E-state index in [2.05, 4.69) is 0 Å². The maximum absolute atomic E-state index is 14.1. The van der Waals surface area contributed by atoms with Crippen LogP contribution in [0.15, 0.2) is 23.1 Å². The van der Waals surface area contributed by atoms with E-state index in [4.69, 9.17) is 0 Å². The van der Waals surface area contributed by atoms with Gasteiger partial charge in [-0.05, 0) is 6.07 Å². The van der Waals surface area contributed by atoms with E-state index >= 15 is 0 Å². The highest BCUT2D eigenvalue weighted by atomic mass is 32.2. The van der Waals surface area contributed by atoms with Crippen LogP contribution in [0.3, 0.4) is 0 Å². The summed E-state index contributed by atoms with van der Waals surface area (Å²) in [5, 5.41) is 0. The van der Waals surface area contributed by atoms with Crippen molar-refractivity contribution in [2.75, 3.05) is 0 Å². The van der Waals surface area contributed by atoms with Gasteiger partial charge < -0.3 is 4.55 Å². The molecular formula is C11H3F12OS. The Balaban J connectivity index is 3.66. The molecule has 14 heteroatoms. The minimum atomic E-state index is -7.05. The Morgan fingerprint density at radius 2 is 1.28 bits per heavy atom. The number of benzene rings is 1. The molecule has 143 valence electrons. The Morgan fingerprint density at radius 3 is 1.64 bits per heavy atom. The Hall–Kier alpha value is -1.31. The second-order valence-electron chi connectivity index (χ2n) is 4.38. The zero-order valence-corrected chi connectivity index (χ0v) is 11.9. The van der Waals surface area contributed by atoms with Gasteiger partial charge >= 0.3 is 29.5 Å². The van der Waals surface area contributed by atoms with Crippen LogP contribution < -0.4 is 0 Å². The predicted molar refractivity (Wildman–Crippen MR) is 57.6 cm³/mol. The summed E-state index contributed by atoms with van der Waals surface area (Å²) in [4.78, 5) is -1.76. The van der Waals surface area contributed by atoms with E-state index in [1.165, 1.54) is 6.07 Å². The van der Waals surface area contributed by atoms with Crippen LogP contribution in [-0.4, -0.2) is 28.3 Å². The molecule has 0 aliphatic heterocycles. The van der Waals surface area contributed by atoms with Crippen LogP contribution in [0.25, 0.3) is 0 Å². The van der Waals surface area contributed by atoms with E-state index in [1.807, 2.05) is 0 Å². The van der Waals surface area contributed by atoms with E-state index in [9.17, 15) is 57.2 Å². The molecule has 1 radical (unpaired) electrons. The first kappa shape index (κ1) is 21.7. The van der Waals surface area contributed by atoms with Gasteiger partial charge in [-0.1, -0.05) is 6.07 Å². The van der Waals surface area contributed by atoms with Gasteiger partial charge in [0, 0.05) is 17.7 Å². The molecule has 0 aliphatic rings. The van der Waals surface area contributed by atoms with Crippen molar-refractivity contribution in [3.8, 4) is 0 Å². The molecule has 0 fully saturated rings. The molecule has 0 spiro atoms. The van der Waals surface area contributed by atoms with Gasteiger partial charge in [0.25, 0.3) is 0 Å². The van der Waals surface area contributed by atoms with Gasteiger partial charge in [-0.2, -0.15) is 35.1 Å². The molecule has 0 saturated carbocycles. The highest BCUT2D eigenvalue weighted by Crippen LogP contribution is 2.58. The number of hydrogen-bond acceptors (Lipinski definition) is 1. The first-order valence-electron chi connectivity index (χ1n) is 5.58. The molecule has 0 heterocycles. The van der Waals surface area contributed by atoms with Gasteiger partial charge in [0.05, 0.1) is 11.2 Å². The summed E-state index contributed by atoms with van der Waals surface area (Å²) < 4.78 is 163. The minimum absolute atomic E-state index is 0.0147. The SMILES string of the molecule is [O-][S+](c1[c]ccc(C(F)(C(F)(F)F)C(F)(F)C(F)(F)F)c1)C(F)(F)F. The molecule has 0 bridgehead atoms. The third-order valence-electron chi connectivity index (χ3n) is 2.76. The molecule has 1 aromatic carbocycles. The second-order valence-corrected chi connectivity index (χ2v) is 5.82. The lowest BCUT2D eigenvalue weighted by Crippen LogP contribution is -2.59. The number of rotatable bonds is 3. The topological polar surface area (TPSA) is 23.1 Å². The fourth-order valence-corrected chi connectivity index (χ4v) is 2.27. The van der Waals surface area contributed by atoms with Crippen molar-refractivity contribution in [1.29, 1.82) is 0 Å². The van der Waals surface area contributed by atoms with Crippen molar-refractivity contribution in [3.05, 3.63) is 29.8 Å². The summed E-state index contributed by atoms with van der Waals surface area (Å²) in [6.07, 6.45) is -13.9. The Labute approximate surface area is 133 Å².